The van der Waals surface area contributed by atoms with Gasteiger partial charge in [0.2, 0.25) is 0 Å². The molecule has 0 saturated heterocycles. The van der Waals surface area contributed by atoms with Gasteiger partial charge in [-0.05, 0) is 49.9 Å². The fourth-order valence-electron chi connectivity index (χ4n) is 2.91. The van der Waals surface area contributed by atoms with Crippen molar-refractivity contribution in [1.29, 1.82) is 0 Å². The van der Waals surface area contributed by atoms with Gasteiger partial charge in [-0.15, -0.1) is 0 Å². The molecule has 1 aliphatic carbocycles. The highest BCUT2D eigenvalue weighted by atomic mass is 19.3. The Hall–Kier alpha value is -1.69. The monoisotopic (exact) mass is 313 g/mol. The van der Waals surface area contributed by atoms with Crippen LogP contribution in [0.2, 0.25) is 0 Å². The zero-order valence-electron chi connectivity index (χ0n) is 12.8. The Bertz CT molecular complexity index is 531. The van der Waals surface area contributed by atoms with Crippen LogP contribution in [0.15, 0.2) is 12.1 Å². The first-order valence-electron chi connectivity index (χ1n) is 7.37. The van der Waals surface area contributed by atoms with E-state index in [1.807, 2.05) is 0 Å². The lowest BCUT2D eigenvalue weighted by Gasteiger charge is -2.22. The van der Waals surface area contributed by atoms with Crippen molar-refractivity contribution in [2.45, 2.75) is 51.7 Å². The van der Waals surface area contributed by atoms with E-state index in [1.54, 1.807) is 13.8 Å². The SMILES string of the molecule is Cc1cc(C(=O)NCC2(O)CCCC2)cc(C)c1OC(F)F. The Morgan fingerprint density at radius 1 is 1.32 bits per heavy atom. The fraction of sp³-hybridized carbons (Fsp3) is 0.562. The lowest BCUT2D eigenvalue weighted by molar-refractivity contribution is -0.0507. The van der Waals surface area contributed by atoms with Crippen molar-refractivity contribution in [3.63, 3.8) is 0 Å². The minimum Gasteiger partial charge on any atom is -0.434 e. The topological polar surface area (TPSA) is 58.6 Å². The number of alkyl halides is 2. The smallest absolute Gasteiger partial charge is 0.387 e. The molecule has 22 heavy (non-hydrogen) atoms. The number of aliphatic hydroxyl groups is 1. The quantitative estimate of drug-likeness (QED) is 0.878. The first-order valence-corrected chi connectivity index (χ1v) is 7.37. The van der Waals surface area contributed by atoms with Gasteiger partial charge in [-0.1, -0.05) is 12.8 Å². The predicted octanol–water partition coefficient (Wildman–Crippen LogP) is 2.94. The van der Waals surface area contributed by atoms with Crippen LogP contribution in [-0.2, 0) is 0 Å². The number of aryl methyl sites for hydroxylation is 2. The second kappa shape index (κ2) is 6.60. The van der Waals surface area contributed by atoms with Crippen LogP contribution in [0.5, 0.6) is 5.75 Å². The summed E-state index contributed by atoms with van der Waals surface area (Å²) in [6, 6.07) is 3.03. The van der Waals surface area contributed by atoms with E-state index in [0.717, 1.165) is 12.8 Å². The summed E-state index contributed by atoms with van der Waals surface area (Å²) < 4.78 is 29.2. The molecule has 0 atom stereocenters. The highest BCUT2D eigenvalue weighted by Gasteiger charge is 2.31. The maximum atomic E-state index is 12.3. The minimum atomic E-state index is -2.89. The number of rotatable bonds is 5. The Balaban J connectivity index is 2.07. The highest BCUT2D eigenvalue weighted by Crippen LogP contribution is 2.29. The van der Waals surface area contributed by atoms with Crippen LogP contribution in [-0.4, -0.2) is 29.8 Å². The van der Waals surface area contributed by atoms with Gasteiger partial charge in [-0.2, -0.15) is 8.78 Å². The molecule has 1 aromatic carbocycles. The lowest BCUT2D eigenvalue weighted by atomic mass is 10.0. The Labute approximate surface area is 128 Å². The van der Waals surface area contributed by atoms with Crippen LogP contribution in [0.3, 0.4) is 0 Å². The highest BCUT2D eigenvalue weighted by molar-refractivity contribution is 5.95. The molecule has 1 aliphatic rings. The number of carbonyl (C=O) groups is 1. The summed E-state index contributed by atoms with van der Waals surface area (Å²) in [5.41, 5.74) is 0.506. The average Bonchev–Trinajstić information content (AvgIpc) is 2.87. The van der Waals surface area contributed by atoms with Gasteiger partial charge in [-0.25, -0.2) is 0 Å². The average molecular weight is 313 g/mol. The maximum absolute atomic E-state index is 12.3. The molecular formula is C16H21F2NO3. The van der Waals surface area contributed by atoms with Crippen molar-refractivity contribution in [2.24, 2.45) is 0 Å². The van der Waals surface area contributed by atoms with Gasteiger partial charge in [0, 0.05) is 12.1 Å². The van der Waals surface area contributed by atoms with E-state index >= 15 is 0 Å². The summed E-state index contributed by atoms with van der Waals surface area (Å²) >= 11 is 0. The molecule has 2 rings (SSSR count). The fourth-order valence-corrected chi connectivity index (χ4v) is 2.91. The Kier molecular flexibility index (Phi) is 5.01. The van der Waals surface area contributed by atoms with Crippen molar-refractivity contribution in [3.8, 4) is 5.75 Å². The molecule has 122 valence electrons. The molecule has 0 aliphatic heterocycles. The molecule has 0 heterocycles. The number of halogens is 2. The maximum Gasteiger partial charge on any atom is 0.387 e. The van der Waals surface area contributed by atoms with Gasteiger partial charge in [0.15, 0.2) is 0 Å². The van der Waals surface area contributed by atoms with Crippen LogP contribution in [0.1, 0.15) is 47.2 Å². The molecule has 0 radical (unpaired) electrons. The predicted molar refractivity (Wildman–Crippen MR) is 78.3 cm³/mol. The Morgan fingerprint density at radius 2 is 1.86 bits per heavy atom. The van der Waals surface area contributed by atoms with Crippen LogP contribution < -0.4 is 10.1 Å². The largest absolute Gasteiger partial charge is 0.434 e. The summed E-state index contributed by atoms with van der Waals surface area (Å²) in [5, 5.41) is 12.9. The number of ether oxygens (including phenoxy) is 1. The second-order valence-electron chi connectivity index (χ2n) is 5.93. The van der Waals surface area contributed by atoms with E-state index in [2.05, 4.69) is 10.1 Å². The van der Waals surface area contributed by atoms with Crippen LogP contribution in [0.4, 0.5) is 8.78 Å². The molecule has 6 heteroatoms. The molecule has 0 unspecified atom stereocenters. The molecule has 4 nitrogen and oxygen atoms in total. The normalized spacial score (nSPS) is 16.8. The van der Waals surface area contributed by atoms with E-state index in [-0.39, 0.29) is 18.2 Å². The Morgan fingerprint density at radius 3 is 2.36 bits per heavy atom. The number of carbonyl (C=O) groups excluding carboxylic acids is 1. The summed E-state index contributed by atoms with van der Waals surface area (Å²) in [4.78, 5) is 12.2. The zero-order valence-corrected chi connectivity index (χ0v) is 12.8. The summed E-state index contributed by atoms with van der Waals surface area (Å²) in [6.07, 6.45) is 3.30. The zero-order chi connectivity index (χ0) is 16.3. The van der Waals surface area contributed by atoms with Gasteiger partial charge < -0.3 is 15.2 Å². The van der Waals surface area contributed by atoms with Crippen LogP contribution in [0.25, 0.3) is 0 Å². The van der Waals surface area contributed by atoms with Crippen molar-refractivity contribution in [1.82, 2.24) is 5.32 Å². The molecule has 1 saturated carbocycles. The third kappa shape index (κ3) is 3.94. The van der Waals surface area contributed by atoms with Crippen LogP contribution in [0, 0.1) is 13.8 Å². The second-order valence-corrected chi connectivity index (χ2v) is 5.93. The molecule has 1 fully saturated rings. The number of nitrogens with one attached hydrogen (secondary N) is 1. The van der Waals surface area contributed by atoms with Gasteiger partial charge in [0.1, 0.15) is 5.75 Å². The van der Waals surface area contributed by atoms with E-state index in [4.69, 9.17) is 0 Å². The first-order chi connectivity index (χ1) is 10.3. The van der Waals surface area contributed by atoms with Gasteiger partial charge in [-0.3, -0.25) is 4.79 Å². The molecule has 1 aromatic rings. The summed E-state index contributed by atoms with van der Waals surface area (Å²) in [6.45, 7) is 0.547. The van der Waals surface area contributed by atoms with E-state index in [0.29, 0.717) is 29.5 Å². The van der Waals surface area contributed by atoms with Gasteiger partial charge in [0.25, 0.3) is 5.91 Å². The van der Waals surface area contributed by atoms with Crippen molar-refractivity contribution in [2.75, 3.05) is 6.54 Å². The van der Waals surface area contributed by atoms with Gasteiger partial charge in [0.05, 0.1) is 5.60 Å². The van der Waals surface area contributed by atoms with Crippen molar-refractivity contribution >= 4 is 5.91 Å². The first kappa shape index (κ1) is 16.7. The third-order valence-corrected chi connectivity index (χ3v) is 4.04. The molecule has 2 N–H and O–H groups in total. The standard InChI is InChI=1S/C16H21F2NO3/c1-10-7-12(8-11(2)13(10)22-15(17)18)14(20)19-9-16(21)5-3-4-6-16/h7-8,15,21H,3-6,9H2,1-2H3,(H,19,20). The summed E-state index contributed by atoms with van der Waals surface area (Å²) in [5.74, 6) is -0.226. The minimum absolute atomic E-state index is 0.0981. The van der Waals surface area contributed by atoms with E-state index in [9.17, 15) is 18.7 Å². The van der Waals surface area contributed by atoms with Crippen molar-refractivity contribution < 1.29 is 23.4 Å². The molecule has 0 aromatic heterocycles. The number of hydrogen-bond acceptors (Lipinski definition) is 3. The molecule has 0 bridgehead atoms. The van der Waals surface area contributed by atoms with Crippen molar-refractivity contribution in [3.05, 3.63) is 28.8 Å². The molecular weight excluding hydrogens is 292 g/mol. The number of hydrogen-bond donors (Lipinski definition) is 2. The molecule has 0 spiro atoms. The third-order valence-electron chi connectivity index (χ3n) is 4.04. The van der Waals surface area contributed by atoms with Gasteiger partial charge >= 0.3 is 6.61 Å². The van der Waals surface area contributed by atoms with E-state index in [1.165, 1.54) is 12.1 Å². The summed E-state index contributed by atoms with van der Waals surface area (Å²) in [7, 11) is 0. The number of benzene rings is 1. The lowest BCUT2D eigenvalue weighted by Crippen LogP contribution is -2.40. The van der Waals surface area contributed by atoms with Crippen LogP contribution >= 0.6 is 0 Å². The molecule has 1 amide bonds. The number of amides is 1. The van der Waals surface area contributed by atoms with E-state index < -0.39 is 12.2 Å².